The van der Waals surface area contributed by atoms with E-state index >= 15 is 0 Å². The van der Waals surface area contributed by atoms with Gasteiger partial charge in [0.25, 0.3) is 0 Å². The van der Waals surface area contributed by atoms with Gasteiger partial charge in [0.05, 0.1) is 29.1 Å². The smallest absolute Gasteiger partial charge is 0.416 e. The summed E-state index contributed by atoms with van der Waals surface area (Å²) < 4.78 is 49.1. The number of nitrogens with zero attached hydrogens (tertiary/aromatic N) is 2. The number of likely N-dealkylation sites (tertiary alicyclic amines) is 1. The molecule has 0 aliphatic carbocycles. The van der Waals surface area contributed by atoms with E-state index < -0.39 is 11.7 Å². The van der Waals surface area contributed by atoms with Gasteiger partial charge in [-0.15, -0.1) is 0 Å². The molecule has 0 N–H and O–H groups in total. The first-order valence-corrected chi connectivity index (χ1v) is 11.0. The van der Waals surface area contributed by atoms with Crippen molar-refractivity contribution in [2.75, 3.05) is 19.7 Å². The summed E-state index contributed by atoms with van der Waals surface area (Å²) in [5, 5.41) is 0. The van der Waals surface area contributed by atoms with Crippen LogP contribution < -0.4 is 4.74 Å². The number of hydrogen-bond donors (Lipinski definition) is 0. The average molecular weight is 470 g/mol. The van der Waals surface area contributed by atoms with Crippen molar-refractivity contribution in [2.45, 2.75) is 32.7 Å². The Morgan fingerprint density at radius 1 is 1.03 bits per heavy atom. The predicted octanol–water partition coefficient (Wildman–Crippen LogP) is 5.52. The van der Waals surface area contributed by atoms with Gasteiger partial charge in [0, 0.05) is 25.2 Å². The highest BCUT2D eigenvalue weighted by Gasteiger charge is 2.31. The summed E-state index contributed by atoms with van der Waals surface area (Å²) in [6.07, 6.45) is -4.28. The summed E-state index contributed by atoms with van der Waals surface area (Å²) in [5.41, 5.74) is 2.93. The summed E-state index contributed by atoms with van der Waals surface area (Å²) >= 11 is 0. The summed E-state index contributed by atoms with van der Waals surface area (Å²) in [6.45, 7) is 5.86. The molecule has 0 atom stereocenters. The minimum Gasteiger partial charge on any atom is -0.488 e. The highest BCUT2D eigenvalue weighted by Crippen LogP contribution is 2.30. The molecule has 1 aromatic heterocycles. The van der Waals surface area contributed by atoms with Gasteiger partial charge in [-0.1, -0.05) is 12.1 Å². The fourth-order valence-corrected chi connectivity index (χ4v) is 3.83. The van der Waals surface area contributed by atoms with E-state index in [9.17, 15) is 18.0 Å². The molecule has 1 aliphatic heterocycles. The molecule has 4 rings (SSSR count). The van der Waals surface area contributed by atoms with Gasteiger partial charge in [-0.05, 0) is 67.9 Å². The van der Waals surface area contributed by atoms with Gasteiger partial charge in [0.2, 0.25) is 0 Å². The Hall–Kier alpha value is -3.39. The van der Waals surface area contributed by atoms with Gasteiger partial charge in [0.1, 0.15) is 11.9 Å². The minimum absolute atomic E-state index is 0.0320. The third-order valence-corrected chi connectivity index (χ3v) is 5.65. The van der Waals surface area contributed by atoms with Gasteiger partial charge in [-0.25, -0.2) is 4.79 Å². The lowest BCUT2D eigenvalue weighted by Gasteiger charge is -2.39. The maximum Gasteiger partial charge on any atom is 0.416 e. The third kappa shape index (κ3) is 5.56. The van der Waals surface area contributed by atoms with E-state index in [0.29, 0.717) is 37.5 Å². The molecule has 0 saturated carbocycles. The zero-order valence-corrected chi connectivity index (χ0v) is 18.9. The van der Waals surface area contributed by atoms with E-state index in [-0.39, 0.29) is 12.1 Å². The molecular weight excluding hydrogens is 445 g/mol. The second-order valence-electron chi connectivity index (χ2n) is 8.20. The highest BCUT2D eigenvalue weighted by atomic mass is 19.4. The largest absolute Gasteiger partial charge is 0.488 e. The number of carbonyl (C=O) groups excluding carboxylic acids is 1. The molecule has 1 saturated heterocycles. The number of esters is 1. The molecule has 5 nitrogen and oxygen atoms in total. The second kappa shape index (κ2) is 9.85. The molecule has 34 heavy (non-hydrogen) atoms. The van der Waals surface area contributed by atoms with Gasteiger partial charge < -0.3 is 9.47 Å². The van der Waals surface area contributed by atoms with Crippen molar-refractivity contribution in [1.29, 1.82) is 0 Å². The van der Waals surface area contributed by atoms with Crippen LogP contribution in [-0.4, -0.2) is 41.7 Å². The number of aromatic nitrogens is 1. The maximum atomic E-state index is 12.7. The molecule has 0 bridgehead atoms. The SMILES string of the molecule is CCOC(=O)c1ccc(-c2ccc(OC3CN(Cc4ccc(C(F)(F)F)cc4)C3)cc2)nc1C. The second-order valence-corrected chi connectivity index (χ2v) is 8.20. The zero-order chi connectivity index (χ0) is 24.3. The number of pyridine rings is 1. The molecule has 8 heteroatoms. The van der Waals surface area contributed by atoms with Crippen LogP contribution in [0.3, 0.4) is 0 Å². The average Bonchev–Trinajstić information content (AvgIpc) is 2.78. The number of rotatable bonds is 7. The molecule has 178 valence electrons. The Morgan fingerprint density at radius 3 is 2.29 bits per heavy atom. The van der Waals surface area contributed by atoms with Crippen LogP contribution in [0.15, 0.2) is 60.7 Å². The van der Waals surface area contributed by atoms with Crippen LogP contribution in [0.2, 0.25) is 0 Å². The number of carbonyl (C=O) groups is 1. The van der Waals surface area contributed by atoms with E-state index in [4.69, 9.17) is 9.47 Å². The van der Waals surface area contributed by atoms with E-state index in [1.54, 1.807) is 26.0 Å². The minimum atomic E-state index is -4.31. The van der Waals surface area contributed by atoms with Gasteiger partial charge in [-0.2, -0.15) is 13.2 Å². The number of aryl methyl sites for hydroxylation is 1. The molecule has 1 fully saturated rings. The van der Waals surface area contributed by atoms with Crippen molar-refractivity contribution in [2.24, 2.45) is 0 Å². The van der Waals surface area contributed by atoms with Crippen molar-refractivity contribution in [3.8, 4) is 17.0 Å². The summed E-state index contributed by atoms with van der Waals surface area (Å²) in [7, 11) is 0. The molecular formula is C26H25F3N2O3. The monoisotopic (exact) mass is 470 g/mol. The fraction of sp³-hybridized carbons (Fsp3) is 0.308. The van der Waals surface area contributed by atoms with Crippen LogP contribution in [0, 0.1) is 6.92 Å². The number of ether oxygens (including phenoxy) is 2. The first-order valence-electron chi connectivity index (χ1n) is 11.0. The van der Waals surface area contributed by atoms with E-state index in [2.05, 4.69) is 9.88 Å². The lowest BCUT2D eigenvalue weighted by Crippen LogP contribution is -2.53. The predicted molar refractivity (Wildman–Crippen MR) is 122 cm³/mol. The Bertz CT molecular complexity index is 1140. The van der Waals surface area contributed by atoms with Crippen molar-refractivity contribution in [1.82, 2.24) is 9.88 Å². The lowest BCUT2D eigenvalue weighted by molar-refractivity contribution is -0.137. The van der Waals surface area contributed by atoms with Crippen molar-refractivity contribution >= 4 is 5.97 Å². The fourth-order valence-electron chi connectivity index (χ4n) is 3.83. The first-order chi connectivity index (χ1) is 16.2. The number of halogens is 3. The van der Waals surface area contributed by atoms with Crippen LogP contribution in [0.4, 0.5) is 13.2 Å². The van der Waals surface area contributed by atoms with Gasteiger partial charge >= 0.3 is 12.1 Å². The maximum absolute atomic E-state index is 12.7. The molecule has 0 radical (unpaired) electrons. The van der Waals surface area contributed by atoms with Crippen LogP contribution in [0.5, 0.6) is 5.75 Å². The van der Waals surface area contributed by atoms with Gasteiger partial charge in [-0.3, -0.25) is 9.88 Å². The molecule has 0 unspecified atom stereocenters. The van der Waals surface area contributed by atoms with Crippen molar-refractivity contribution < 1.29 is 27.4 Å². The third-order valence-electron chi connectivity index (χ3n) is 5.65. The number of hydrogen-bond acceptors (Lipinski definition) is 5. The molecule has 0 amide bonds. The lowest BCUT2D eigenvalue weighted by atomic mass is 10.1. The summed E-state index contributed by atoms with van der Waals surface area (Å²) in [6, 6.07) is 16.4. The Morgan fingerprint density at radius 2 is 1.71 bits per heavy atom. The van der Waals surface area contributed by atoms with Crippen LogP contribution in [0.1, 0.15) is 34.1 Å². The summed E-state index contributed by atoms with van der Waals surface area (Å²) in [4.78, 5) is 18.6. The van der Waals surface area contributed by atoms with Crippen LogP contribution in [0.25, 0.3) is 11.3 Å². The Labute approximate surface area is 196 Å². The Kier molecular flexibility index (Phi) is 6.88. The molecule has 3 aromatic rings. The topological polar surface area (TPSA) is 51.7 Å². The van der Waals surface area contributed by atoms with E-state index in [0.717, 1.165) is 34.7 Å². The molecule has 2 aromatic carbocycles. The van der Waals surface area contributed by atoms with E-state index in [1.807, 2.05) is 24.3 Å². The molecule has 1 aliphatic rings. The van der Waals surface area contributed by atoms with Crippen LogP contribution >= 0.6 is 0 Å². The van der Waals surface area contributed by atoms with E-state index in [1.165, 1.54) is 12.1 Å². The first kappa shape index (κ1) is 23.8. The molecule has 0 spiro atoms. The van der Waals surface area contributed by atoms with Crippen LogP contribution in [-0.2, 0) is 17.5 Å². The highest BCUT2D eigenvalue weighted by molar-refractivity contribution is 5.90. The quantitative estimate of drug-likeness (QED) is 0.426. The normalized spacial score (nSPS) is 14.5. The standard InChI is InChI=1S/C26H25F3N2O3/c1-3-33-25(32)23-12-13-24(30-17(23)2)19-6-10-21(11-7-19)34-22-15-31(16-22)14-18-4-8-20(9-5-18)26(27,28)29/h4-13,22H,3,14-16H2,1-2H3. The zero-order valence-electron chi connectivity index (χ0n) is 18.9. The number of alkyl halides is 3. The Balaban J connectivity index is 1.29. The number of benzene rings is 2. The van der Waals surface area contributed by atoms with Gasteiger partial charge in [0.15, 0.2) is 0 Å². The van der Waals surface area contributed by atoms with Crippen molar-refractivity contribution in [3.63, 3.8) is 0 Å². The van der Waals surface area contributed by atoms with Crippen molar-refractivity contribution in [3.05, 3.63) is 83.0 Å². The molecule has 2 heterocycles. The summed E-state index contributed by atoms with van der Waals surface area (Å²) in [5.74, 6) is 0.360.